The maximum atomic E-state index is 13.0. The van der Waals surface area contributed by atoms with Crippen LogP contribution in [0.1, 0.15) is 77.9 Å². The van der Waals surface area contributed by atoms with Crippen LogP contribution in [0.2, 0.25) is 0 Å². The summed E-state index contributed by atoms with van der Waals surface area (Å²) in [6, 6.07) is 9.45. The number of anilines is 1. The first-order valence-corrected chi connectivity index (χ1v) is 10.7. The third-order valence-electron chi connectivity index (χ3n) is 5.86. The van der Waals surface area contributed by atoms with Gasteiger partial charge in [-0.2, -0.15) is 5.26 Å². The highest BCUT2D eigenvalue weighted by atomic mass is 16.3. The predicted molar refractivity (Wildman–Crippen MR) is 117 cm³/mol. The summed E-state index contributed by atoms with van der Waals surface area (Å²) in [5, 5.41) is 21.6. The van der Waals surface area contributed by atoms with Gasteiger partial charge in [0.1, 0.15) is 11.6 Å². The maximum absolute atomic E-state index is 13.0. The largest absolute Gasteiger partial charge is 0.396 e. The molecule has 0 spiro atoms. The van der Waals surface area contributed by atoms with Crippen LogP contribution in [0.3, 0.4) is 0 Å². The van der Waals surface area contributed by atoms with E-state index in [1.807, 2.05) is 12.1 Å². The van der Waals surface area contributed by atoms with E-state index in [9.17, 15) is 14.9 Å². The summed E-state index contributed by atoms with van der Waals surface area (Å²) in [6.45, 7) is 0.118. The van der Waals surface area contributed by atoms with Crippen LogP contribution in [0.25, 0.3) is 0 Å². The zero-order valence-electron chi connectivity index (χ0n) is 17.5. The topological polar surface area (TPSA) is 95.1 Å². The molecule has 1 aliphatic carbocycles. The number of rotatable bonds is 7. The molecule has 1 aliphatic rings. The number of unbranched alkanes of at least 4 members (excludes halogenated alkanes) is 1. The van der Waals surface area contributed by atoms with Crippen LogP contribution < -0.4 is 10.9 Å². The molecule has 1 aromatic heterocycles. The molecule has 0 unspecified atom stereocenters. The summed E-state index contributed by atoms with van der Waals surface area (Å²) in [5.74, 6) is -0.162. The molecule has 158 valence electrons. The van der Waals surface area contributed by atoms with Gasteiger partial charge >= 0.3 is 0 Å². The van der Waals surface area contributed by atoms with Gasteiger partial charge in [-0.1, -0.05) is 31.4 Å². The Hall–Kier alpha value is -2.91. The molecule has 0 aliphatic heterocycles. The van der Waals surface area contributed by atoms with Crippen molar-refractivity contribution in [1.29, 1.82) is 5.26 Å². The highest BCUT2D eigenvalue weighted by molar-refractivity contribution is 6.04. The van der Waals surface area contributed by atoms with Crippen molar-refractivity contribution in [3.63, 3.8) is 0 Å². The van der Waals surface area contributed by atoms with Crippen LogP contribution in [0.4, 0.5) is 5.69 Å². The highest BCUT2D eigenvalue weighted by Gasteiger charge is 2.22. The van der Waals surface area contributed by atoms with E-state index >= 15 is 0 Å². The molecule has 1 aromatic carbocycles. The average molecular weight is 408 g/mol. The molecular formula is C24H29N3O3. The minimum absolute atomic E-state index is 0.0611. The van der Waals surface area contributed by atoms with E-state index in [4.69, 9.17) is 5.11 Å². The molecular weight excluding hydrogens is 378 g/mol. The van der Waals surface area contributed by atoms with E-state index < -0.39 is 5.91 Å². The van der Waals surface area contributed by atoms with E-state index in [-0.39, 0.29) is 17.7 Å². The Morgan fingerprint density at radius 3 is 2.73 bits per heavy atom. The van der Waals surface area contributed by atoms with Crippen LogP contribution in [-0.4, -0.2) is 22.2 Å². The number of nitrogens with zero attached hydrogens (tertiary/aromatic N) is 2. The fourth-order valence-electron chi connectivity index (χ4n) is 4.26. The van der Waals surface area contributed by atoms with Crippen molar-refractivity contribution in [3.8, 4) is 6.07 Å². The Balaban J connectivity index is 1.87. The van der Waals surface area contributed by atoms with Gasteiger partial charge < -0.3 is 15.0 Å². The fourth-order valence-corrected chi connectivity index (χ4v) is 4.26. The van der Waals surface area contributed by atoms with E-state index in [0.717, 1.165) is 43.2 Å². The van der Waals surface area contributed by atoms with Gasteiger partial charge in [0.05, 0.1) is 11.3 Å². The second kappa shape index (κ2) is 10.2. The Labute approximate surface area is 177 Å². The van der Waals surface area contributed by atoms with E-state index in [0.29, 0.717) is 30.0 Å². The Kier molecular flexibility index (Phi) is 7.42. The van der Waals surface area contributed by atoms with E-state index in [2.05, 4.69) is 11.4 Å². The van der Waals surface area contributed by atoms with Gasteiger partial charge in [0.15, 0.2) is 0 Å². The highest BCUT2D eigenvalue weighted by Crippen LogP contribution is 2.36. The molecule has 0 saturated heterocycles. The van der Waals surface area contributed by atoms with Crippen molar-refractivity contribution in [2.75, 3.05) is 11.9 Å². The lowest BCUT2D eigenvalue weighted by Crippen LogP contribution is -2.28. The summed E-state index contributed by atoms with van der Waals surface area (Å²) in [4.78, 5) is 25.5. The number of hydrogen-bond donors (Lipinski definition) is 2. The van der Waals surface area contributed by atoms with Gasteiger partial charge in [0.25, 0.3) is 11.5 Å². The van der Waals surface area contributed by atoms with Crippen molar-refractivity contribution >= 4 is 11.6 Å². The summed E-state index contributed by atoms with van der Waals surface area (Å²) in [7, 11) is 1.62. The van der Waals surface area contributed by atoms with Gasteiger partial charge in [-0.15, -0.1) is 0 Å². The number of pyridine rings is 1. The minimum Gasteiger partial charge on any atom is -0.396 e. The number of carbonyl (C=O) groups is 1. The smallest absolute Gasteiger partial charge is 0.263 e. The second-order valence-electron chi connectivity index (χ2n) is 8.03. The van der Waals surface area contributed by atoms with Gasteiger partial charge in [-0.05, 0) is 61.3 Å². The van der Waals surface area contributed by atoms with E-state index in [1.165, 1.54) is 11.0 Å². The van der Waals surface area contributed by atoms with Crippen molar-refractivity contribution in [3.05, 3.63) is 63.1 Å². The molecule has 1 amide bonds. The normalized spacial score (nSPS) is 14.3. The van der Waals surface area contributed by atoms with Crippen LogP contribution in [-0.2, 0) is 13.5 Å². The standard InChI is InChI=1S/C24H29N3O3/c1-27-16-17(8-5-6-13-28)14-20(24(27)30)23(29)26-22-12-7-11-19(21(22)15-25)18-9-3-2-4-10-18/h7,11-12,14,16,18,28H,2-6,8-10,13H2,1H3,(H,26,29). The summed E-state index contributed by atoms with van der Waals surface area (Å²) in [5.41, 5.74) is 2.49. The number of aryl methyl sites for hydroxylation is 2. The van der Waals surface area contributed by atoms with Gasteiger partial charge in [-0.25, -0.2) is 0 Å². The number of nitrogens with one attached hydrogen (secondary N) is 1. The number of aliphatic hydroxyl groups is 1. The number of amides is 1. The number of nitriles is 1. The Bertz CT molecular complexity index is 998. The third-order valence-corrected chi connectivity index (χ3v) is 5.86. The number of benzene rings is 1. The molecule has 0 radical (unpaired) electrons. The van der Waals surface area contributed by atoms with Crippen LogP contribution in [0.5, 0.6) is 0 Å². The van der Waals surface area contributed by atoms with Crippen LogP contribution in [0.15, 0.2) is 35.3 Å². The van der Waals surface area contributed by atoms with Crippen LogP contribution in [0, 0.1) is 11.3 Å². The molecule has 2 aromatic rings. The zero-order chi connectivity index (χ0) is 21.5. The van der Waals surface area contributed by atoms with Crippen molar-refractivity contribution in [2.45, 2.75) is 57.3 Å². The Morgan fingerprint density at radius 1 is 1.27 bits per heavy atom. The number of aromatic nitrogens is 1. The third kappa shape index (κ3) is 4.98. The molecule has 0 atom stereocenters. The second-order valence-corrected chi connectivity index (χ2v) is 8.03. The van der Waals surface area contributed by atoms with Crippen molar-refractivity contribution in [2.24, 2.45) is 7.05 Å². The molecule has 30 heavy (non-hydrogen) atoms. The maximum Gasteiger partial charge on any atom is 0.263 e. The SMILES string of the molecule is Cn1cc(CCCCO)cc(C(=O)Nc2cccc(C3CCCCC3)c2C#N)c1=O. The fraction of sp³-hybridized carbons (Fsp3) is 0.458. The molecule has 1 saturated carbocycles. The summed E-state index contributed by atoms with van der Waals surface area (Å²) >= 11 is 0. The van der Waals surface area contributed by atoms with Crippen molar-refractivity contribution < 1.29 is 9.90 Å². The first-order valence-electron chi connectivity index (χ1n) is 10.7. The molecule has 0 bridgehead atoms. The van der Waals surface area contributed by atoms with E-state index in [1.54, 1.807) is 25.4 Å². The number of carbonyl (C=O) groups excluding carboxylic acids is 1. The molecule has 2 N–H and O–H groups in total. The number of hydrogen-bond acceptors (Lipinski definition) is 4. The first-order chi connectivity index (χ1) is 14.5. The lowest BCUT2D eigenvalue weighted by molar-refractivity contribution is 0.102. The molecule has 6 nitrogen and oxygen atoms in total. The zero-order valence-corrected chi connectivity index (χ0v) is 17.5. The lowest BCUT2D eigenvalue weighted by atomic mass is 9.82. The molecule has 1 fully saturated rings. The molecule has 6 heteroatoms. The van der Waals surface area contributed by atoms with Crippen molar-refractivity contribution in [1.82, 2.24) is 4.57 Å². The van der Waals surface area contributed by atoms with Gasteiger partial charge in [0, 0.05) is 19.9 Å². The van der Waals surface area contributed by atoms with Gasteiger partial charge in [0.2, 0.25) is 0 Å². The summed E-state index contributed by atoms with van der Waals surface area (Å²) < 4.78 is 1.41. The monoisotopic (exact) mass is 407 g/mol. The number of aliphatic hydroxyl groups excluding tert-OH is 1. The average Bonchev–Trinajstić information content (AvgIpc) is 2.76. The predicted octanol–water partition coefficient (Wildman–Crippen LogP) is 3.87. The first kappa shape index (κ1) is 21.8. The van der Waals surface area contributed by atoms with Crippen LogP contribution >= 0.6 is 0 Å². The quantitative estimate of drug-likeness (QED) is 0.681. The van der Waals surface area contributed by atoms with Gasteiger partial charge in [-0.3, -0.25) is 9.59 Å². The molecule has 1 heterocycles. The minimum atomic E-state index is -0.503. The Morgan fingerprint density at radius 2 is 2.03 bits per heavy atom. The lowest BCUT2D eigenvalue weighted by Gasteiger charge is -2.23. The summed E-state index contributed by atoms with van der Waals surface area (Å²) in [6.07, 6.45) is 9.51. The molecule has 3 rings (SSSR count).